The van der Waals surface area contributed by atoms with Crippen LogP contribution in [0.15, 0.2) is 18.3 Å². The van der Waals surface area contributed by atoms with Crippen LogP contribution in [-0.4, -0.2) is 35.0 Å². The van der Waals surface area contributed by atoms with E-state index in [4.69, 9.17) is 4.74 Å². The Bertz CT molecular complexity index is 579. The van der Waals surface area contributed by atoms with Crippen LogP contribution in [0.4, 0.5) is 13.2 Å². The van der Waals surface area contributed by atoms with Gasteiger partial charge in [-0.15, -0.1) is 0 Å². The highest BCUT2D eigenvalue weighted by Gasteiger charge is 2.34. The van der Waals surface area contributed by atoms with Crippen LogP contribution in [0.1, 0.15) is 44.1 Å². The number of likely N-dealkylation sites (tertiary alicyclic amines) is 1. The monoisotopic (exact) mass is 342 g/mol. The van der Waals surface area contributed by atoms with Gasteiger partial charge in [-0.1, -0.05) is 25.7 Å². The number of hydrogen-bond donors (Lipinski definition) is 0. The number of amides is 1. The standard InChI is InChI=1S/C17H21F3N2O2/c18-17(19,20)13-7-8-21-15(9-13)24-14-10-22(11-14)16(23)6-5-12-3-1-2-4-12/h7-9,12,14H,1-6,10-11H2. The Morgan fingerprint density at radius 1 is 1.29 bits per heavy atom. The lowest BCUT2D eigenvalue weighted by molar-refractivity contribution is -0.140. The maximum Gasteiger partial charge on any atom is 0.416 e. The van der Waals surface area contributed by atoms with Crippen molar-refractivity contribution in [1.82, 2.24) is 9.88 Å². The molecule has 0 atom stereocenters. The number of carbonyl (C=O) groups excluding carboxylic acids is 1. The summed E-state index contributed by atoms with van der Waals surface area (Å²) in [5, 5.41) is 0. The van der Waals surface area contributed by atoms with Gasteiger partial charge in [0.05, 0.1) is 18.7 Å². The summed E-state index contributed by atoms with van der Waals surface area (Å²) in [7, 11) is 0. The van der Waals surface area contributed by atoms with Gasteiger partial charge in [-0.25, -0.2) is 4.98 Å². The molecule has 7 heteroatoms. The molecule has 2 fully saturated rings. The van der Waals surface area contributed by atoms with Crippen molar-refractivity contribution in [2.45, 2.75) is 50.8 Å². The van der Waals surface area contributed by atoms with E-state index >= 15 is 0 Å². The maximum atomic E-state index is 12.6. The van der Waals surface area contributed by atoms with Crippen molar-refractivity contribution >= 4 is 5.91 Å². The predicted octanol–water partition coefficient (Wildman–Crippen LogP) is 3.66. The first-order valence-electron chi connectivity index (χ1n) is 8.39. The van der Waals surface area contributed by atoms with Crippen molar-refractivity contribution in [3.63, 3.8) is 0 Å². The number of carbonyl (C=O) groups is 1. The highest BCUT2D eigenvalue weighted by atomic mass is 19.4. The third kappa shape index (κ3) is 4.19. The first kappa shape index (κ1) is 17.0. The average Bonchev–Trinajstić information content (AvgIpc) is 3.01. The molecule has 0 spiro atoms. The third-order valence-electron chi connectivity index (χ3n) is 4.79. The second-order valence-corrected chi connectivity index (χ2v) is 6.61. The third-order valence-corrected chi connectivity index (χ3v) is 4.79. The van der Waals surface area contributed by atoms with E-state index < -0.39 is 11.7 Å². The molecule has 1 saturated carbocycles. The van der Waals surface area contributed by atoms with Crippen LogP contribution in [-0.2, 0) is 11.0 Å². The van der Waals surface area contributed by atoms with Crippen molar-refractivity contribution in [1.29, 1.82) is 0 Å². The second kappa shape index (κ2) is 6.99. The van der Waals surface area contributed by atoms with Crippen LogP contribution in [0.25, 0.3) is 0 Å². The van der Waals surface area contributed by atoms with E-state index in [9.17, 15) is 18.0 Å². The predicted molar refractivity (Wildman–Crippen MR) is 81.4 cm³/mol. The van der Waals surface area contributed by atoms with E-state index in [-0.39, 0.29) is 17.9 Å². The fourth-order valence-corrected chi connectivity index (χ4v) is 3.32. The zero-order valence-corrected chi connectivity index (χ0v) is 13.4. The lowest BCUT2D eigenvalue weighted by atomic mass is 10.0. The zero-order chi connectivity index (χ0) is 17.2. The second-order valence-electron chi connectivity index (χ2n) is 6.61. The Morgan fingerprint density at radius 3 is 2.67 bits per heavy atom. The summed E-state index contributed by atoms with van der Waals surface area (Å²) < 4.78 is 43.4. The van der Waals surface area contributed by atoms with E-state index in [1.54, 1.807) is 4.90 Å². The first-order chi connectivity index (χ1) is 11.4. The summed E-state index contributed by atoms with van der Waals surface area (Å²) in [6, 6.07) is 1.80. The minimum atomic E-state index is -4.41. The summed E-state index contributed by atoms with van der Waals surface area (Å²) in [4.78, 5) is 17.6. The van der Waals surface area contributed by atoms with Gasteiger partial charge in [0.2, 0.25) is 11.8 Å². The van der Waals surface area contributed by atoms with Crippen LogP contribution in [0, 0.1) is 5.92 Å². The molecule has 132 valence electrons. The molecule has 0 unspecified atom stereocenters. The fraction of sp³-hybridized carbons (Fsp3) is 0.647. The molecule has 0 aromatic carbocycles. The number of ether oxygens (including phenoxy) is 1. The number of pyridine rings is 1. The molecule has 1 aromatic heterocycles. The van der Waals surface area contributed by atoms with E-state index in [1.807, 2.05) is 0 Å². The van der Waals surface area contributed by atoms with Gasteiger partial charge in [0, 0.05) is 18.7 Å². The molecule has 1 saturated heterocycles. The van der Waals surface area contributed by atoms with Crippen LogP contribution >= 0.6 is 0 Å². The van der Waals surface area contributed by atoms with Gasteiger partial charge in [-0.05, 0) is 18.4 Å². The molecule has 1 aliphatic carbocycles. The molecule has 3 rings (SSSR count). The van der Waals surface area contributed by atoms with Crippen LogP contribution in [0.5, 0.6) is 5.88 Å². The van der Waals surface area contributed by atoms with Crippen molar-refractivity contribution in [3.8, 4) is 5.88 Å². The topological polar surface area (TPSA) is 42.4 Å². The Hall–Kier alpha value is -1.79. The largest absolute Gasteiger partial charge is 0.471 e. The lowest BCUT2D eigenvalue weighted by Gasteiger charge is -2.38. The smallest absolute Gasteiger partial charge is 0.416 e. The first-order valence-corrected chi connectivity index (χ1v) is 8.39. The average molecular weight is 342 g/mol. The van der Waals surface area contributed by atoms with Crippen molar-refractivity contribution < 1.29 is 22.7 Å². The van der Waals surface area contributed by atoms with Crippen molar-refractivity contribution in [2.75, 3.05) is 13.1 Å². The lowest BCUT2D eigenvalue weighted by Crippen LogP contribution is -2.56. The molecule has 4 nitrogen and oxygen atoms in total. The molecule has 0 radical (unpaired) electrons. The van der Waals surface area contributed by atoms with Crippen LogP contribution < -0.4 is 4.74 Å². The minimum absolute atomic E-state index is 0.0483. The van der Waals surface area contributed by atoms with Crippen LogP contribution in [0.3, 0.4) is 0 Å². The van der Waals surface area contributed by atoms with Gasteiger partial charge in [-0.3, -0.25) is 4.79 Å². The Kier molecular flexibility index (Phi) is 4.96. The van der Waals surface area contributed by atoms with Gasteiger partial charge in [0.1, 0.15) is 6.10 Å². The maximum absolute atomic E-state index is 12.6. The highest BCUT2D eigenvalue weighted by molar-refractivity contribution is 5.77. The van der Waals surface area contributed by atoms with Gasteiger partial charge < -0.3 is 9.64 Å². The van der Waals surface area contributed by atoms with Gasteiger partial charge in [-0.2, -0.15) is 13.2 Å². The number of alkyl halides is 3. The molecular formula is C17H21F3N2O2. The summed E-state index contributed by atoms with van der Waals surface area (Å²) in [6.45, 7) is 0.836. The molecular weight excluding hydrogens is 321 g/mol. The van der Waals surface area contributed by atoms with Gasteiger partial charge in [0.25, 0.3) is 0 Å². The number of aromatic nitrogens is 1. The molecule has 24 heavy (non-hydrogen) atoms. The van der Waals surface area contributed by atoms with E-state index in [2.05, 4.69) is 4.98 Å². The quantitative estimate of drug-likeness (QED) is 0.820. The van der Waals surface area contributed by atoms with Gasteiger partial charge in [0.15, 0.2) is 0 Å². The number of halogens is 3. The van der Waals surface area contributed by atoms with E-state index in [0.29, 0.717) is 25.4 Å². The molecule has 2 aliphatic rings. The van der Waals surface area contributed by atoms with Crippen LogP contribution in [0.2, 0.25) is 0 Å². The van der Waals surface area contributed by atoms with Gasteiger partial charge >= 0.3 is 6.18 Å². The molecule has 2 heterocycles. The fourth-order valence-electron chi connectivity index (χ4n) is 3.32. The minimum Gasteiger partial charge on any atom is -0.471 e. The molecule has 0 N–H and O–H groups in total. The Balaban J connectivity index is 1.42. The molecule has 1 aliphatic heterocycles. The molecule has 1 amide bonds. The molecule has 0 bridgehead atoms. The van der Waals surface area contributed by atoms with E-state index in [0.717, 1.165) is 24.8 Å². The number of hydrogen-bond acceptors (Lipinski definition) is 3. The summed E-state index contributed by atoms with van der Waals surface area (Å²) in [5.41, 5.74) is -0.781. The summed E-state index contributed by atoms with van der Waals surface area (Å²) in [5.74, 6) is 0.739. The SMILES string of the molecule is O=C(CCC1CCCC1)N1CC(Oc2cc(C(F)(F)F)ccn2)C1. The Labute approximate surface area is 139 Å². The zero-order valence-electron chi connectivity index (χ0n) is 13.4. The highest BCUT2D eigenvalue weighted by Crippen LogP contribution is 2.31. The van der Waals surface area contributed by atoms with Crippen molar-refractivity contribution in [3.05, 3.63) is 23.9 Å². The normalized spacial score (nSPS) is 19.4. The number of rotatable bonds is 5. The Morgan fingerprint density at radius 2 is 2.00 bits per heavy atom. The summed E-state index contributed by atoms with van der Waals surface area (Å²) in [6.07, 6.45) is 2.86. The van der Waals surface area contributed by atoms with Crippen molar-refractivity contribution in [2.24, 2.45) is 5.92 Å². The molecule has 1 aromatic rings. The number of nitrogens with zero attached hydrogens (tertiary/aromatic N) is 2. The van der Waals surface area contributed by atoms with E-state index in [1.165, 1.54) is 25.7 Å². The summed E-state index contributed by atoms with van der Waals surface area (Å²) >= 11 is 0.